The molecule has 0 aliphatic carbocycles. The molecule has 0 unspecified atom stereocenters. The lowest BCUT2D eigenvalue weighted by atomic mass is 10.0. The first-order valence-electron chi connectivity index (χ1n) is 5.04. The van der Waals surface area contributed by atoms with E-state index in [2.05, 4.69) is 15.9 Å². The highest BCUT2D eigenvalue weighted by Crippen LogP contribution is 2.33. The lowest BCUT2D eigenvalue weighted by Gasteiger charge is -2.08. The van der Waals surface area contributed by atoms with Gasteiger partial charge in [-0.05, 0) is 30.3 Å². The molecule has 2 aromatic rings. The molecule has 0 aromatic heterocycles. The van der Waals surface area contributed by atoms with Gasteiger partial charge in [0.2, 0.25) is 0 Å². The summed E-state index contributed by atoms with van der Waals surface area (Å²) >= 11 is 27.2. The molecular weight excluding hydrogens is 394 g/mol. The quantitative estimate of drug-likeness (QED) is 0.543. The van der Waals surface area contributed by atoms with Crippen molar-refractivity contribution in [3.05, 3.63) is 66.0 Å². The molecule has 0 radical (unpaired) electrons. The molecule has 19 heavy (non-hydrogen) atoms. The largest absolute Gasteiger partial charge is 0.288 e. The normalized spacial score (nSPS) is 10.6. The van der Waals surface area contributed by atoms with E-state index in [1.807, 2.05) is 0 Å². The van der Waals surface area contributed by atoms with Gasteiger partial charge in [0.05, 0.1) is 20.6 Å². The van der Waals surface area contributed by atoms with Crippen molar-refractivity contribution in [1.82, 2.24) is 0 Å². The molecule has 0 saturated heterocycles. The Morgan fingerprint density at radius 1 is 0.895 bits per heavy atom. The van der Waals surface area contributed by atoms with Crippen LogP contribution in [0.3, 0.4) is 0 Å². The van der Waals surface area contributed by atoms with Gasteiger partial charge >= 0.3 is 0 Å². The summed E-state index contributed by atoms with van der Waals surface area (Å²) in [7, 11) is 0. The van der Waals surface area contributed by atoms with E-state index in [4.69, 9.17) is 46.4 Å². The molecule has 0 spiro atoms. The van der Waals surface area contributed by atoms with Gasteiger partial charge in [-0.1, -0.05) is 62.3 Å². The highest BCUT2D eigenvalue weighted by atomic mass is 79.9. The van der Waals surface area contributed by atoms with Crippen LogP contribution in [0.15, 0.2) is 34.8 Å². The fourth-order valence-corrected chi connectivity index (χ4v) is 3.12. The van der Waals surface area contributed by atoms with Crippen LogP contribution in [0.4, 0.5) is 0 Å². The van der Waals surface area contributed by atoms with Gasteiger partial charge in [0.1, 0.15) is 0 Å². The lowest BCUT2D eigenvalue weighted by Crippen LogP contribution is -2.04. The molecule has 0 aliphatic heterocycles. The summed E-state index contributed by atoms with van der Waals surface area (Å²) in [6.07, 6.45) is 0. The van der Waals surface area contributed by atoms with E-state index in [1.165, 1.54) is 12.1 Å². The molecule has 6 heteroatoms. The van der Waals surface area contributed by atoms with Crippen molar-refractivity contribution in [3.63, 3.8) is 0 Å². The molecule has 2 aromatic carbocycles. The van der Waals surface area contributed by atoms with Gasteiger partial charge in [0.25, 0.3) is 0 Å². The Morgan fingerprint density at radius 2 is 1.47 bits per heavy atom. The smallest absolute Gasteiger partial charge is 0.197 e. The molecule has 1 nitrogen and oxygen atoms in total. The first-order valence-corrected chi connectivity index (χ1v) is 7.35. The average molecular weight is 399 g/mol. The molecule has 98 valence electrons. The number of benzene rings is 2. The zero-order valence-electron chi connectivity index (χ0n) is 9.18. The van der Waals surface area contributed by atoms with E-state index < -0.39 is 0 Å². The molecule has 2 rings (SSSR count). The standard InChI is InChI=1S/C13H5BrCl4O/c14-6-1-2-9(16)8(3-6)13(19)12-10(17)4-7(15)5-11(12)18/h1-5H. The van der Waals surface area contributed by atoms with Crippen molar-refractivity contribution in [2.24, 2.45) is 0 Å². The SMILES string of the molecule is O=C(c1cc(Br)ccc1Cl)c1c(Cl)cc(Cl)cc1Cl. The summed E-state index contributed by atoms with van der Waals surface area (Å²) in [5, 5.41) is 1.08. The van der Waals surface area contributed by atoms with Crippen molar-refractivity contribution >= 4 is 68.1 Å². The number of halogens is 5. The van der Waals surface area contributed by atoms with Crippen molar-refractivity contribution in [1.29, 1.82) is 0 Å². The minimum atomic E-state index is -0.349. The maximum atomic E-state index is 12.5. The summed E-state index contributed by atoms with van der Waals surface area (Å²) in [6, 6.07) is 7.91. The third-order valence-electron chi connectivity index (χ3n) is 2.41. The van der Waals surface area contributed by atoms with Crippen LogP contribution in [0.25, 0.3) is 0 Å². The van der Waals surface area contributed by atoms with Crippen LogP contribution < -0.4 is 0 Å². The van der Waals surface area contributed by atoms with Crippen LogP contribution >= 0.6 is 62.3 Å². The van der Waals surface area contributed by atoms with E-state index in [0.29, 0.717) is 15.6 Å². The van der Waals surface area contributed by atoms with Crippen LogP contribution in [0.2, 0.25) is 20.1 Å². The summed E-state index contributed by atoms with van der Waals surface area (Å²) < 4.78 is 0.737. The molecule has 0 fully saturated rings. The number of hydrogen-bond donors (Lipinski definition) is 0. The maximum Gasteiger partial charge on any atom is 0.197 e. The molecule has 0 amide bonds. The third-order valence-corrected chi connectivity index (χ3v) is 4.04. The molecule has 0 heterocycles. The Hall–Kier alpha value is -0.250. The van der Waals surface area contributed by atoms with Gasteiger partial charge in [-0.15, -0.1) is 0 Å². The fourth-order valence-electron chi connectivity index (χ4n) is 1.57. The second kappa shape index (κ2) is 6.02. The first kappa shape index (κ1) is 15.1. The Balaban J connectivity index is 2.59. The summed E-state index contributed by atoms with van der Waals surface area (Å²) in [6.45, 7) is 0. The van der Waals surface area contributed by atoms with Crippen LogP contribution in [-0.2, 0) is 0 Å². The summed E-state index contributed by atoms with van der Waals surface area (Å²) in [5.41, 5.74) is 0.509. The van der Waals surface area contributed by atoms with Crippen molar-refractivity contribution < 1.29 is 4.79 Å². The summed E-state index contributed by atoms with van der Waals surface area (Å²) in [4.78, 5) is 12.5. The number of ketones is 1. The van der Waals surface area contributed by atoms with E-state index >= 15 is 0 Å². The zero-order valence-corrected chi connectivity index (χ0v) is 13.8. The number of carbonyl (C=O) groups excluding carboxylic acids is 1. The zero-order chi connectivity index (χ0) is 14.2. The van der Waals surface area contributed by atoms with Gasteiger partial charge in [-0.3, -0.25) is 4.79 Å². The highest BCUT2D eigenvalue weighted by molar-refractivity contribution is 9.10. The minimum Gasteiger partial charge on any atom is -0.288 e. The number of rotatable bonds is 2. The maximum absolute atomic E-state index is 12.5. The monoisotopic (exact) mass is 396 g/mol. The predicted molar refractivity (Wildman–Crippen MR) is 84.1 cm³/mol. The van der Waals surface area contributed by atoms with E-state index in [1.54, 1.807) is 18.2 Å². The van der Waals surface area contributed by atoms with Crippen LogP contribution in [0.5, 0.6) is 0 Å². The van der Waals surface area contributed by atoms with Crippen molar-refractivity contribution in [2.75, 3.05) is 0 Å². The average Bonchev–Trinajstić information content (AvgIpc) is 2.30. The van der Waals surface area contributed by atoms with Gasteiger partial charge in [-0.2, -0.15) is 0 Å². The molecule has 0 aliphatic rings. The highest BCUT2D eigenvalue weighted by Gasteiger charge is 2.20. The number of hydrogen-bond acceptors (Lipinski definition) is 1. The Morgan fingerprint density at radius 3 is 2.05 bits per heavy atom. The molecule has 0 bridgehead atoms. The van der Waals surface area contributed by atoms with Gasteiger partial charge < -0.3 is 0 Å². The second-order valence-electron chi connectivity index (χ2n) is 3.70. The topological polar surface area (TPSA) is 17.1 Å². The third kappa shape index (κ3) is 3.26. The summed E-state index contributed by atoms with van der Waals surface area (Å²) in [5.74, 6) is -0.349. The van der Waals surface area contributed by atoms with Crippen LogP contribution in [0, 0.1) is 0 Å². The Labute approximate surface area is 138 Å². The van der Waals surface area contributed by atoms with E-state index in [9.17, 15) is 4.79 Å². The predicted octanol–water partition coefficient (Wildman–Crippen LogP) is 6.29. The first-order chi connectivity index (χ1) is 8.90. The number of carbonyl (C=O) groups is 1. The minimum absolute atomic E-state index is 0.188. The lowest BCUT2D eigenvalue weighted by molar-refractivity contribution is 0.103. The van der Waals surface area contributed by atoms with Gasteiger partial charge in [-0.25, -0.2) is 0 Å². The Bertz CT molecular complexity index is 647. The van der Waals surface area contributed by atoms with Crippen molar-refractivity contribution in [2.45, 2.75) is 0 Å². The fraction of sp³-hybridized carbons (Fsp3) is 0. The molecule has 0 N–H and O–H groups in total. The van der Waals surface area contributed by atoms with Gasteiger partial charge in [0.15, 0.2) is 5.78 Å². The Kier molecular flexibility index (Phi) is 4.80. The van der Waals surface area contributed by atoms with E-state index in [0.717, 1.165) is 4.47 Å². The van der Waals surface area contributed by atoms with Crippen LogP contribution in [0.1, 0.15) is 15.9 Å². The molecule has 0 atom stereocenters. The molecule has 0 saturated carbocycles. The van der Waals surface area contributed by atoms with Crippen molar-refractivity contribution in [3.8, 4) is 0 Å². The second-order valence-corrected chi connectivity index (χ2v) is 6.27. The van der Waals surface area contributed by atoms with Crippen LogP contribution in [-0.4, -0.2) is 5.78 Å². The van der Waals surface area contributed by atoms with Gasteiger partial charge in [0, 0.05) is 15.1 Å². The van der Waals surface area contributed by atoms with E-state index in [-0.39, 0.29) is 21.4 Å². The molecular formula is C13H5BrCl4O.